The molecule has 0 unspecified atom stereocenters. The number of fused-ring (bicyclic) bond motifs is 5. The maximum Gasteiger partial charge on any atom is 0.234 e. The van der Waals surface area contributed by atoms with E-state index in [1.165, 1.54) is 0 Å². The Labute approximate surface area is 114 Å². The molecule has 5 heteroatoms. The first-order valence-corrected chi connectivity index (χ1v) is 6.27. The third-order valence-corrected chi connectivity index (χ3v) is 3.55. The maximum absolute atomic E-state index is 9.45. The minimum Gasteiger partial charge on any atom is -0.424 e. The molecule has 4 rings (SSSR count). The molecule has 0 atom stereocenters. The van der Waals surface area contributed by atoms with Crippen molar-refractivity contribution in [1.29, 1.82) is 5.26 Å². The highest BCUT2D eigenvalue weighted by Gasteiger charge is 2.19. The van der Waals surface area contributed by atoms with Crippen LogP contribution in [0.1, 0.15) is 17.0 Å². The molecule has 20 heavy (non-hydrogen) atoms. The number of imidazole rings is 1. The van der Waals surface area contributed by atoms with Crippen LogP contribution in [0.4, 0.5) is 0 Å². The van der Waals surface area contributed by atoms with Gasteiger partial charge in [0.05, 0.1) is 11.0 Å². The first-order valence-electron chi connectivity index (χ1n) is 6.27. The smallest absolute Gasteiger partial charge is 0.234 e. The SMILES string of the molecule is Cc1nc2c(C)c(C#N)c3nc4ccccc4n3c2o1. The number of aryl methyl sites for hydroxylation is 2. The highest BCUT2D eigenvalue weighted by Crippen LogP contribution is 2.29. The molecule has 0 N–H and O–H groups in total. The van der Waals surface area contributed by atoms with Crippen LogP contribution >= 0.6 is 0 Å². The largest absolute Gasteiger partial charge is 0.424 e. The van der Waals surface area contributed by atoms with Gasteiger partial charge < -0.3 is 4.42 Å². The van der Waals surface area contributed by atoms with Crippen molar-refractivity contribution in [1.82, 2.24) is 14.4 Å². The van der Waals surface area contributed by atoms with Crippen molar-refractivity contribution in [2.45, 2.75) is 13.8 Å². The summed E-state index contributed by atoms with van der Waals surface area (Å²) < 4.78 is 7.60. The fourth-order valence-electron chi connectivity index (χ4n) is 2.63. The molecule has 0 saturated carbocycles. The van der Waals surface area contributed by atoms with Crippen molar-refractivity contribution in [2.24, 2.45) is 0 Å². The molecule has 0 aliphatic heterocycles. The molecule has 3 heterocycles. The maximum atomic E-state index is 9.45. The number of nitrogens with zero attached hydrogens (tertiary/aromatic N) is 4. The summed E-state index contributed by atoms with van der Waals surface area (Å²) in [4.78, 5) is 8.95. The molecular weight excluding hydrogens is 252 g/mol. The second-order valence-electron chi connectivity index (χ2n) is 4.76. The molecule has 0 spiro atoms. The molecule has 0 saturated heterocycles. The van der Waals surface area contributed by atoms with Gasteiger partial charge in [-0.05, 0) is 19.1 Å². The summed E-state index contributed by atoms with van der Waals surface area (Å²) in [5.41, 5.74) is 5.08. The lowest BCUT2D eigenvalue weighted by molar-refractivity contribution is 0.549. The number of hydrogen-bond donors (Lipinski definition) is 0. The number of pyridine rings is 1. The highest BCUT2D eigenvalue weighted by atomic mass is 16.4. The minimum atomic E-state index is 0.544. The minimum absolute atomic E-state index is 0.544. The number of nitriles is 1. The van der Waals surface area contributed by atoms with Gasteiger partial charge in [-0.1, -0.05) is 12.1 Å². The van der Waals surface area contributed by atoms with E-state index >= 15 is 0 Å². The van der Waals surface area contributed by atoms with Gasteiger partial charge in [0.1, 0.15) is 17.1 Å². The average Bonchev–Trinajstić information content (AvgIpc) is 2.99. The molecule has 0 aliphatic carbocycles. The lowest BCUT2D eigenvalue weighted by Gasteiger charge is -2.02. The Morgan fingerprint density at radius 3 is 2.80 bits per heavy atom. The van der Waals surface area contributed by atoms with Crippen molar-refractivity contribution >= 4 is 27.9 Å². The predicted molar refractivity (Wildman–Crippen MR) is 74.5 cm³/mol. The molecule has 0 aliphatic rings. The standard InChI is InChI=1S/C15H10N4O/c1-8-10(7-16)14-18-11-5-3-4-6-12(11)19(14)15-13(8)17-9(2)20-15/h3-6H,1-2H3. The molecule has 5 nitrogen and oxygen atoms in total. The molecule has 3 aromatic heterocycles. The van der Waals surface area contributed by atoms with Gasteiger partial charge >= 0.3 is 0 Å². The Kier molecular flexibility index (Phi) is 1.97. The Balaban J connectivity index is 2.43. The lowest BCUT2D eigenvalue weighted by atomic mass is 10.1. The van der Waals surface area contributed by atoms with Gasteiger partial charge in [0.15, 0.2) is 11.5 Å². The normalized spacial score (nSPS) is 11.4. The molecule has 0 fully saturated rings. The van der Waals surface area contributed by atoms with Crippen molar-refractivity contribution in [3.05, 3.63) is 41.3 Å². The molecule has 96 valence electrons. The summed E-state index contributed by atoms with van der Waals surface area (Å²) in [5.74, 6) is 0.581. The van der Waals surface area contributed by atoms with Crippen molar-refractivity contribution in [3.63, 3.8) is 0 Å². The molecule has 1 aromatic carbocycles. The number of para-hydroxylation sites is 2. The van der Waals surface area contributed by atoms with E-state index in [4.69, 9.17) is 4.42 Å². The van der Waals surface area contributed by atoms with Crippen LogP contribution in [0.25, 0.3) is 27.9 Å². The summed E-state index contributed by atoms with van der Waals surface area (Å²) in [5, 5.41) is 9.45. The third-order valence-electron chi connectivity index (χ3n) is 3.55. The van der Waals surface area contributed by atoms with Crippen LogP contribution in [-0.2, 0) is 0 Å². The Morgan fingerprint density at radius 2 is 2.00 bits per heavy atom. The summed E-state index contributed by atoms with van der Waals surface area (Å²) in [6.45, 7) is 3.68. The number of oxazole rings is 1. The molecular formula is C15H10N4O. The van der Waals surface area contributed by atoms with E-state index in [1.807, 2.05) is 35.6 Å². The van der Waals surface area contributed by atoms with Gasteiger partial charge in [-0.2, -0.15) is 5.26 Å². The van der Waals surface area contributed by atoms with Crippen LogP contribution in [0.2, 0.25) is 0 Å². The van der Waals surface area contributed by atoms with Crippen LogP contribution in [0, 0.1) is 25.2 Å². The zero-order chi connectivity index (χ0) is 13.9. The van der Waals surface area contributed by atoms with Crippen LogP contribution in [-0.4, -0.2) is 14.4 Å². The van der Waals surface area contributed by atoms with Crippen LogP contribution < -0.4 is 0 Å². The fourth-order valence-corrected chi connectivity index (χ4v) is 2.63. The van der Waals surface area contributed by atoms with Gasteiger partial charge in [-0.15, -0.1) is 0 Å². The lowest BCUT2D eigenvalue weighted by Crippen LogP contribution is -1.95. The second-order valence-corrected chi connectivity index (χ2v) is 4.76. The number of hydrogen-bond acceptors (Lipinski definition) is 4. The number of aromatic nitrogens is 3. The van der Waals surface area contributed by atoms with Crippen molar-refractivity contribution in [2.75, 3.05) is 0 Å². The van der Waals surface area contributed by atoms with E-state index in [0.717, 1.165) is 22.1 Å². The predicted octanol–water partition coefficient (Wildman–Crippen LogP) is 3.12. The Hall–Kier alpha value is -2.87. The first kappa shape index (κ1) is 11.0. The summed E-state index contributed by atoms with van der Waals surface area (Å²) in [6.07, 6.45) is 0. The van der Waals surface area contributed by atoms with E-state index in [1.54, 1.807) is 6.92 Å². The van der Waals surface area contributed by atoms with Gasteiger partial charge in [-0.25, -0.2) is 9.97 Å². The molecule has 0 amide bonds. The summed E-state index contributed by atoms with van der Waals surface area (Å²) in [7, 11) is 0. The van der Waals surface area contributed by atoms with Crippen molar-refractivity contribution < 1.29 is 4.42 Å². The van der Waals surface area contributed by atoms with E-state index in [9.17, 15) is 5.26 Å². The highest BCUT2D eigenvalue weighted by molar-refractivity contribution is 5.91. The van der Waals surface area contributed by atoms with Gasteiger partial charge in [0.25, 0.3) is 0 Å². The second kappa shape index (κ2) is 3.58. The Bertz CT molecular complexity index is 1030. The molecule has 4 aromatic rings. The van der Waals surface area contributed by atoms with E-state index in [0.29, 0.717) is 22.8 Å². The zero-order valence-corrected chi connectivity index (χ0v) is 11.0. The fraction of sp³-hybridized carbons (Fsp3) is 0.133. The molecule has 0 radical (unpaired) electrons. The van der Waals surface area contributed by atoms with E-state index in [-0.39, 0.29) is 0 Å². The van der Waals surface area contributed by atoms with Crippen molar-refractivity contribution in [3.8, 4) is 6.07 Å². The zero-order valence-electron chi connectivity index (χ0n) is 11.0. The monoisotopic (exact) mass is 262 g/mol. The summed E-state index contributed by atoms with van der Waals surface area (Å²) >= 11 is 0. The van der Waals surface area contributed by atoms with Gasteiger partial charge in [0.2, 0.25) is 5.71 Å². The van der Waals surface area contributed by atoms with Gasteiger partial charge in [-0.3, -0.25) is 4.40 Å². The van der Waals surface area contributed by atoms with Crippen LogP contribution in [0.15, 0.2) is 28.7 Å². The van der Waals surface area contributed by atoms with E-state index < -0.39 is 0 Å². The quantitative estimate of drug-likeness (QED) is 0.488. The van der Waals surface area contributed by atoms with Gasteiger partial charge in [0, 0.05) is 12.5 Å². The Morgan fingerprint density at radius 1 is 1.20 bits per heavy atom. The third kappa shape index (κ3) is 1.20. The first-order chi connectivity index (χ1) is 9.70. The number of benzene rings is 1. The van der Waals surface area contributed by atoms with Crippen LogP contribution in [0.3, 0.4) is 0 Å². The average molecular weight is 262 g/mol. The van der Waals surface area contributed by atoms with E-state index in [2.05, 4.69) is 16.0 Å². The number of rotatable bonds is 0. The van der Waals surface area contributed by atoms with Crippen LogP contribution in [0.5, 0.6) is 0 Å². The summed E-state index contributed by atoms with van der Waals surface area (Å²) in [6, 6.07) is 9.99. The topological polar surface area (TPSA) is 67.1 Å². The molecule has 0 bridgehead atoms.